The van der Waals surface area contributed by atoms with Crippen molar-refractivity contribution in [1.82, 2.24) is 0 Å². The van der Waals surface area contributed by atoms with Crippen molar-refractivity contribution in [2.45, 2.75) is 82.6 Å². The van der Waals surface area contributed by atoms with Crippen LogP contribution in [-0.4, -0.2) is 22.2 Å². The highest BCUT2D eigenvalue weighted by Crippen LogP contribution is 2.29. The molecule has 1 saturated carbocycles. The minimum Gasteiger partial charge on any atom is -0.295 e. The van der Waals surface area contributed by atoms with Crippen LogP contribution in [0, 0.1) is 10.1 Å². The van der Waals surface area contributed by atoms with Gasteiger partial charge in [-0.25, -0.2) is 4.79 Å². The van der Waals surface area contributed by atoms with E-state index in [-0.39, 0.29) is 37.4 Å². The molecule has 6 nitrogen and oxygen atoms in total. The van der Waals surface area contributed by atoms with Crippen molar-refractivity contribution in [2.75, 3.05) is 0 Å². The molecule has 1 rings (SSSR count). The third-order valence-corrected chi connectivity index (χ3v) is 4.43. The summed E-state index contributed by atoms with van der Waals surface area (Å²) in [6.07, 6.45) is 8.29. The van der Waals surface area contributed by atoms with Crippen molar-refractivity contribution in [3.8, 4) is 0 Å². The van der Waals surface area contributed by atoms with E-state index in [1.807, 2.05) is 0 Å². The highest BCUT2D eigenvalue weighted by atomic mass is 16.6. The summed E-state index contributed by atoms with van der Waals surface area (Å²) < 4.78 is 0. The zero-order valence-electron chi connectivity index (χ0n) is 12.8. The Bertz CT molecular complexity index is 384. The molecular weight excluding hydrogens is 272 g/mol. The lowest BCUT2D eigenvalue weighted by Gasteiger charge is -2.24. The van der Waals surface area contributed by atoms with Crippen LogP contribution in [0.3, 0.4) is 0 Å². The Morgan fingerprint density at radius 2 is 1.62 bits per heavy atom. The van der Waals surface area contributed by atoms with Gasteiger partial charge in [0.15, 0.2) is 0 Å². The number of nitro groups is 1. The van der Waals surface area contributed by atoms with Gasteiger partial charge in [-0.1, -0.05) is 38.5 Å². The van der Waals surface area contributed by atoms with Crippen LogP contribution in [0.4, 0.5) is 0 Å². The van der Waals surface area contributed by atoms with Crippen LogP contribution in [0.5, 0.6) is 0 Å². The lowest BCUT2D eigenvalue weighted by molar-refractivity contribution is -0.555. The molecule has 0 aromatic heterocycles. The molecule has 120 valence electrons. The Morgan fingerprint density at radius 1 is 1.10 bits per heavy atom. The summed E-state index contributed by atoms with van der Waals surface area (Å²) in [6, 6.07) is 0. The molecule has 0 aromatic rings. The van der Waals surface area contributed by atoms with E-state index in [0.717, 1.165) is 32.1 Å². The molecule has 0 aromatic carbocycles. The number of amides is 1. The monoisotopic (exact) mass is 299 g/mol. The maximum atomic E-state index is 12.4. The van der Waals surface area contributed by atoms with Gasteiger partial charge < -0.3 is 0 Å². The molecule has 6 heteroatoms. The first-order valence-corrected chi connectivity index (χ1v) is 8.01. The second-order valence-electron chi connectivity index (χ2n) is 6.08. The van der Waals surface area contributed by atoms with Gasteiger partial charge in [-0.3, -0.25) is 20.6 Å². The van der Waals surface area contributed by atoms with Gasteiger partial charge in [0.05, 0.1) is 6.42 Å². The highest BCUT2D eigenvalue weighted by Gasteiger charge is 2.49. The maximum absolute atomic E-state index is 12.4. The van der Waals surface area contributed by atoms with E-state index >= 15 is 0 Å². The lowest BCUT2D eigenvalue weighted by Crippen LogP contribution is -2.58. The molecule has 0 spiro atoms. The summed E-state index contributed by atoms with van der Waals surface area (Å²) in [6.45, 7) is 0. The molecule has 0 heterocycles. The molecule has 1 aliphatic carbocycles. The van der Waals surface area contributed by atoms with Crippen LogP contribution >= 0.6 is 0 Å². The van der Waals surface area contributed by atoms with Crippen LogP contribution in [0.25, 0.3) is 0 Å². The highest BCUT2D eigenvalue weighted by molar-refractivity contribution is 5.87. The molecule has 1 fully saturated rings. The quantitative estimate of drug-likeness (QED) is 0.633. The third-order valence-electron chi connectivity index (χ3n) is 4.43. The number of ketones is 1. The van der Waals surface area contributed by atoms with Crippen LogP contribution in [0.15, 0.2) is 0 Å². The van der Waals surface area contributed by atoms with Crippen molar-refractivity contribution in [1.29, 1.82) is 0 Å². The van der Waals surface area contributed by atoms with Gasteiger partial charge in [-0.05, 0) is 12.8 Å². The van der Waals surface area contributed by atoms with E-state index in [1.165, 1.54) is 6.42 Å². The number of nitrogens with zero attached hydrogens (tertiary/aromatic N) is 1. The van der Waals surface area contributed by atoms with Crippen molar-refractivity contribution < 1.29 is 20.2 Å². The predicted molar refractivity (Wildman–Crippen MR) is 78.0 cm³/mol. The Kier molecular flexibility index (Phi) is 7.50. The molecule has 21 heavy (non-hydrogen) atoms. The number of hydrogen-bond donors (Lipinski definition) is 1. The summed E-state index contributed by atoms with van der Waals surface area (Å²) in [5.41, 5.74) is 1.71. The number of carbonyl (C=O) groups excluding carboxylic acids is 2. The Labute approximate surface area is 125 Å². The molecule has 1 amide bonds. The number of rotatable bonds is 4. The van der Waals surface area contributed by atoms with E-state index in [1.54, 1.807) is 0 Å². The second kappa shape index (κ2) is 8.87. The topological polar surface area (TPSA) is 105 Å². The standard InChI is InChI=1S/C15H26N2O4/c16-14(19)10-12-15(17(20)21)11-8-6-4-2-1-3-5-7-9-13(15)18/h1-12H2,(H2,16,19)/p+1. The first-order valence-electron chi connectivity index (χ1n) is 8.01. The Balaban J connectivity index is 2.85. The van der Waals surface area contributed by atoms with Gasteiger partial charge in [-0.2, -0.15) is 0 Å². The van der Waals surface area contributed by atoms with Crippen molar-refractivity contribution in [3.05, 3.63) is 10.1 Å². The first-order chi connectivity index (χ1) is 9.99. The summed E-state index contributed by atoms with van der Waals surface area (Å²) >= 11 is 0. The fraction of sp³-hybridized carbons (Fsp3) is 0.867. The number of quaternary nitrogens is 1. The van der Waals surface area contributed by atoms with Gasteiger partial charge in [0.25, 0.3) is 5.54 Å². The molecule has 1 unspecified atom stereocenters. The zero-order valence-corrected chi connectivity index (χ0v) is 12.8. The molecule has 3 N–H and O–H groups in total. The summed E-state index contributed by atoms with van der Waals surface area (Å²) in [5.74, 6) is -0.635. The molecule has 0 aliphatic heterocycles. The van der Waals surface area contributed by atoms with E-state index in [0.29, 0.717) is 12.8 Å². The average molecular weight is 299 g/mol. The van der Waals surface area contributed by atoms with Crippen LogP contribution in [-0.2, 0) is 9.59 Å². The predicted octanol–water partition coefficient (Wildman–Crippen LogP) is 2.03. The van der Waals surface area contributed by atoms with Crippen LogP contribution < -0.4 is 5.73 Å². The van der Waals surface area contributed by atoms with E-state index in [9.17, 15) is 19.7 Å². The zero-order chi connectivity index (χ0) is 15.7. The van der Waals surface area contributed by atoms with Gasteiger partial charge in [0.1, 0.15) is 0 Å². The van der Waals surface area contributed by atoms with Gasteiger partial charge in [-0.15, -0.1) is 0 Å². The number of carbonyl (C=O) groups is 2. The molecule has 1 atom stereocenters. The second-order valence-corrected chi connectivity index (χ2v) is 6.08. The number of hydrogen-bond acceptors (Lipinski definition) is 4. The van der Waals surface area contributed by atoms with Gasteiger partial charge >= 0.3 is 5.91 Å². The number of Topliss-reactive ketones (excluding diaryl/α,β-unsaturated/α-hetero) is 1. The van der Waals surface area contributed by atoms with Crippen molar-refractivity contribution >= 4 is 11.7 Å². The van der Waals surface area contributed by atoms with Crippen LogP contribution in [0.1, 0.15) is 77.0 Å². The van der Waals surface area contributed by atoms with E-state index < -0.39 is 10.5 Å². The Morgan fingerprint density at radius 3 is 2.14 bits per heavy atom. The third kappa shape index (κ3) is 5.53. The van der Waals surface area contributed by atoms with Crippen molar-refractivity contribution in [3.63, 3.8) is 0 Å². The average Bonchev–Trinajstić information content (AvgIpc) is 2.41. The van der Waals surface area contributed by atoms with E-state index in [4.69, 9.17) is 0 Å². The summed E-state index contributed by atoms with van der Waals surface area (Å²) in [4.78, 5) is 34.7. The SMILES string of the molecule is [NH3+]C(=O)CCC1([N+](=O)[O-])CCCCCCCCCCC1=O. The minimum atomic E-state index is -1.56. The summed E-state index contributed by atoms with van der Waals surface area (Å²) in [5, 5.41) is 11.6. The molecule has 0 bridgehead atoms. The van der Waals surface area contributed by atoms with Gasteiger partial charge in [0, 0.05) is 24.2 Å². The first kappa shape index (κ1) is 17.8. The molecule has 0 radical (unpaired) electrons. The molecular formula is C15H27N2O4+. The molecule has 1 aliphatic rings. The van der Waals surface area contributed by atoms with Crippen molar-refractivity contribution in [2.24, 2.45) is 0 Å². The van der Waals surface area contributed by atoms with Crippen LogP contribution in [0.2, 0.25) is 0 Å². The lowest BCUT2D eigenvalue weighted by atomic mass is 9.81. The molecule has 0 saturated heterocycles. The maximum Gasteiger partial charge on any atom is 0.309 e. The fourth-order valence-corrected chi connectivity index (χ4v) is 3.03. The normalized spacial score (nSPS) is 25.7. The largest absolute Gasteiger partial charge is 0.309 e. The van der Waals surface area contributed by atoms with Gasteiger partial charge in [0.2, 0.25) is 5.78 Å². The van der Waals surface area contributed by atoms with E-state index in [2.05, 4.69) is 5.73 Å². The smallest absolute Gasteiger partial charge is 0.295 e. The fourth-order valence-electron chi connectivity index (χ4n) is 3.03. The summed E-state index contributed by atoms with van der Waals surface area (Å²) in [7, 11) is 0. The Hall–Kier alpha value is -1.30. The minimum absolute atomic E-state index is 0.00116.